The number of hydrogen-bond acceptors (Lipinski definition) is 8. The molecule has 0 unspecified atom stereocenters. The van der Waals surface area contributed by atoms with Crippen molar-refractivity contribution in [2.75, 3.05) is 32.2 Å². The molecule has 11 heteroatoms. The second kappa shape index (κ2) is 11.9. The van der Waals surface area contributed by atoms with E-state index in [1.165, 1.54) is 7.11 Å². The fourth-order valence-corrected chi connectivity index (χ4v) is 4.40. The van der Waals surface area contributed by atoms with Crippen LogP contribution in [0.15, 0.2) is 47.4 Å². The third-order valence-electron chi connectivity index (χ3n) is 4.45. The van der Waals surface area contributed by atoms with Crippen molar-refractivity contribution >= 4 is 69.1 Å². The lowest BCUT2D eigenvalue weighted by Gasteiger charge is -2.12. The molecule has 34 heavy (non-hydrogen) atoms. The normalized spacial score (nSPS) is 14.3. The Labute approximate surface area is 213 Å². The number of methoxy groups -OCH3 is 1. The molecule has 1 aliphatic rings. The summed E-state index contributed by atoms with van der Waals surface area (Å²) < 4.78 is 16.1. The molecule has 1 fully saturated rings. The number of carbonyl (C=O) groups excluding carboxylic acids is 4. The van der Waals surface area contributed by atoms with Crippen LogP contribution in [0.1, 0.15) is 12.5 Å². The van der Waals surface area contributed by atoms with E-state index < -0.39 is 29.6 Å². The van der Waals surface area contributed by atoms with Gasteiger partial charge in [-0.25, -0.2) is 4.79 Å². The van der Waals surface area contributed by atoms with E-state index in [0.29, 0.717) is 26.3 Å². The highest BCUT2D eigenvalue weighted by molar-refractivity contribution is 14.1. The van der Waals surface area contributed by atoms with E-state index in [0.717, 1.165) is 16.7 Å². The van der Waals surface area contributed by atoms with Crippen LogP contribution >= 0.6 is 34.4 Å². The van der Waals surface area contributed by atoms with E-state index in [2.05, 4.69) is 5.32 Å². The third-order valence-corrected chi connectivity index (χ3v) is 6.20. The molecule has 9 nitrogen and oxygen atoms in total. The van der Waals surface area contributed by atoms with Crippen molar-refractivity contribution in [3.63, 3.8) is 0 Å². The lowest BCUT2D eigenvalue weighted by atomic mass is 10.2. The zero-order valence-electron chi connectivity index (χ0n) is 18.3. The van der Waals surface area contributed by atoms with E-state index in [4.69, 9.17) is 14.2 Å². The van der Waals surface area contributed by atoms with Gasteiger partial charge in [0.15, 0.2) is 6.61 Å². The van der Waals surface area contributed by atoms with E-state index in [-0.39, 0.29) is 18.1 Å². The summed E-state index contributed by atoms with van der Waals surface area (Å²) in [4.78, 5) is 50.0. The number of anilines is 1. The van der Waals surface area contributed by atoms with Crippen LogP contribution in [-0.4, -0.2) is 54.8 Å². The zero-order chi connectivity index (χ0) is 24.7. The second-order valence-corrected chi connectivity index (χ2v) is 8.98. The first kappa shape index (κ1) is 25.6. The molecule has 3 amide bonds. The topological polar surface area (TPSA) is 111 Å². The summed E-state index contributed by atoms with van der Waals surface area (Å²) in [5.41, 5.74) is 1.19. The molecule has 0 atom stereocenters. The van der Waals surface area contributed by atoms with Gasteiger partial charge in [0.05, 0.1) is 22.2 Å². The van der Waals surface area contributed by atoms with Gasteiger partial charge in [0, 0.05) is 5.69 Å². The lowest BCUT2D eigenvalue weighted by molar-refractivity contribution is -0.145. The lowest BCUT2D eigenvalue weighted by Crippen LogP contribution is -2.36. The highest BCUT2D eigenvalue weighted by Gasteiger charge is 2.36. The molecule has 1 N–H and O–H groups in total. The maximum Gasteiger partial charge on any atom is 0.344 e. The third kappa shape index (κ3) is 6.73. The second-order valence-electron chi connectivity index (χ2n) is 6.83. The predicted octanol–water partition coefficient (Wildman–Crippen LogP) is 3.92. The van der Waals surface area contributed by atoms with Crippen molar-refractivity contribution in [2.45, 2.75) is 6.92 Å². The number of rotatable bonds is 9. The number of nitrogens with one attached hydrogen (secondary N) is 1. The summed E-state index contributed by atoms with van der Waals surface area (Å²) in [5.74, 6) is -0.368. The largest absolute Gasteiger partial charge is 0.497 e. The first-order valence-electron chi connectivity index (χ1n) is 10.1. The fourth-order valence-electron chi connectivity index (χ4n) is 2.87. The molecule has 0 radical (unpaired) electrons. The number of imide groups is 1. The molecule has 3 rings (SSSR count). The maximum atomic E-state index is 12.7. The summed E-state index contributed by atoms with van der Waals surface area (Å²) in [5, 5.41) is 2.13. The van der Waals surface area contributed by atoms with Gasteiger partial charge in [-0.3, -0.25) is 19.3 Å². The molecule has 2 aromatic carbocycles. The zero-order valence-corrected chi connectivity index (χ0v) is 21.3. The first-order valence-corrected chi connectivity index (χ1v) is 12.0. The van der Waals surface area contributed by atoms with Gasteiger partial charge >= 0.3 is 5.97 Å². The minimum atomic E-state index is -0.544. The van der Waals surface area contributed by atoms with Gasteiger partial charge in [-0.05, 0) is 89.3 Å². The number of carbonyl (C=O) groups is 4. The molecule has 178 valence electrons. The number of thioether (sulfide) groups is 1. The Bertz CT molecular complexity index is 1130. The molecule has 0 spiro atoms. The Hall–Kier alpha value is -3.06. The van der Waals surface area contributed by atoms with Crippen molar-refractivity contribution < 1.29 is 33.4 Å². The van der Waals surface area contributed by atoms with Gasteiger partial charge in [0.2, 0.25) is 5.91 Å². The summed E-state index contributed by atoms with van der Waals surface area (Å²) in [6.07, 6.45) is 1.57. The minimum absolute atomic E-state index is 0.207. The molecular weight excluding hydrogens is 575 g/mol. The van der Waals surface area contributed by atoms with E-state index in [1.54, 1.807) is 55.5 Å². The van der Waals surface area contributed by atoms with Crippen molar-refractivity contribution in [1.82, 2.24) is 4.90 Å². The SMILES string of the molecule is CCOC(=O)COc1ccc(/C=C2/SC(=O)N(CC(=O)Nc3ccc(OC)cc3)C2=O)cc1I. The van der Waals surface area contributed by atoms with Crippen LogP contribution in [0.4, 0.5) is 10.5 Å². The highest BCUT2D eigenvalue weighted by atomic mass is 127. The summed E-state index contributed by atoms with van der Waals surface area (Å²) in [6.45, 7) is 1.38. The van der Waals surface area contributed by atoms with Crippen molar-refractivity contribution in [1.29, 1.82) is 0 Å². The van der Waals surface area contributed by atoms with Crippen LogP contribution in [0, 0.1) is 3.57 Å². The van der Waals surface area contributed by atoms with E-state index >= 15 is 0 Å². The van der Waals surface area contributed by atoms with E-state index in [9.17, 15) is 19.2 Å². The molecule has 0 aromatic heterocycles. The average Bonchev–Trinajstić information content (AvgIpc) is 3.06. The molecule has 1 saturated heterocycles. The smallest absolute Gasteiger partial charge is 0.344 e. The van der Waals surface area contributed by atoms with Gasteiger partial charge in [0.25, 0.3) is 11.1 Å². The van der Waals surface area contributed by atoms with Crippen molar-refractivity contribution in [3.8, 4) is 11.5 Å². The van der Waals surface area contributed by atoms with Crippen LogP contribution in [0.25, 0.3) is 6.08 Å². The van der Waals surface area contributed by atoms with Gasteiger partial charge in [-0.1, -0.05) is 6.07 Å². The number of esters is 1. The number of ether oxygens (including phenoxy) is 3. The van der Waals surface area contributed by atoms with Crippen molar-refractivity contribution in [2.24, 2.45) is 0 Å². The summed E-state index contributed by atoms with van der Waals surface area (Å²) in [6, 6.07) is 11.8. The molecule has 1 aliphatic heterocycles. The summed E-state index contributed by atoms with van der Waals surface area (Å²) >= 11 is 2.82. The van der Waals surface area contributed by atoms with Gasteiger partial charge in [0.1, 0.15) is 18.0 Å². The van der Waals surface area contributed by atoms with E-state index in [1.807, 2.05) is 22.6 Å². The van der Waals surface area contributed by atoms with Crippen molar-refractivity contribution in [3.05, 3.63) is 56.5 Å². The van der Waals surface area contributed by atoms with Gasteiger partial charge in [-0.15, -0.1) is 0 Å². The average molecular weight is 596 g/mol. The Morgan fingerprint density at radius 2 is 1.88 bits per heavy atom. The maximum absolute atomic E-state index is 12.7. The van der Waals surface area contributed by atoms with Gasteiger partial charge in [-0.2, -0.15) is 0 Å². The number of hydrogen-bond donors (Lipinski definition) is 1. The number of amides is 3. The minimum Gasteiger partial charge on any atom is -0.497 e. The van der Waals surface area contributed by atoms with Crippen LogP contribution in [0.5, 0.6) is 11.5 Å². The Kier molecular flexibility index (Phi) is 8.93. The predicted molar refractivity (Wildman–Crippen MR) is 136 cm³/mol. The van der Waals surface area contributed by atoms with Crippen LogP contribution in [0.3, 0.4) is 0 Å². The Balaban J connectivity index is 1.62. The number of halogens is 1. The summed E-state index contributed by atoms with van der Waals surface area (Å²) in [7, 11) is 1.54. The van der Waals surface area contributed by atoms with Crippen LogP contribution in [-0.2, 0) is 19.1 Å². The molecule has 0 bridgehead atoms. The molecular formula is C23H21IN2O7S. The van der Waals surface area contributed by atoms with Gasteiger partial charge < -0.3 is 19.5 Å². The number of nitrogens with zero attached hydrogens (tertiary/aromatic N) is 1. The number of benzene rings is 2. The van der Waals surface area contributed by atoms with Crippen LogP contribution < -0.4 is 14.8 Å². The monoisotopic (exact) mass is 596 g/mol. The van der Waals surface area contributed by atoms with Crippen LogP contribution in [0.2, 0.25) is 0 Å². The molecule has 1 heterocycles. The fraction of sp³-hybridized carbons (Fsp3) is 0.217. The quantitative estimate of drug-likeness (QED) is 0.264. The Morgan fingerprint density at radius 1 is 1.15 bits per heavy atom. The molecule has 0 aliphatic carbocycles. The Morgan fingerprint density at radius 3 is 2.53 bits per heavy atom. The first-order chi connectivity index (χ1) is 16.3. The standard InChI is InChI=1S/C23H21IN2O7S/c1-3-32-21(28)13-33-18-9-4-14(10-17(18)24)11-19-22(29)26(23(30)34-19)12-20(27)25-15-5-7-16(31-2)8-6-15/h4-11H,3,12-13H2,1-2H3,(H,25,27)/b19-11+. The highest BCUT2D eigenvalue weighted by Crippen LogP contribution is 2.33. The molecule has 0 saturated carbocycles. The molecule has 2 aromatic rings.